The van der Waals surface area contributed by atoms with Crippen LogP contribution in [-0.4, -0.2) is 27.8 Å². The average Bonchev–Trinajstić information content (AvgIpc) is 3.17. The first kappa shape index (κ1) is 18.0. The standard InChI is InChI=1S/C21H16ClN3O3/c1-27-21(26)19-20(28-13-14-5-3-2-4-6-14)17-11-24-25(18(17)12-23-19)16-9-7-15(22)8-10-16/h2-12H,13H2,1H3. The second kappa shape index (κ2) is 7.70. The fourth-order valence-electron chi connectivity index (χ4n) is 2.87. The first-order valence-corrected chi connectivity index (χ1v) is 8.93. The number of methoxy groups -OCH3 is 1. The Kier molecular flexibility index (Phi) is 4.95. The number of ether oxygens (including phenoxy) is 2. The molecule has 0 N–H and O–H groups in total. The molecule has 140 valence electrons. The highest BCUT2D eigenvalue weighted by atomic mass is 35.5. The summed E-state index contributed by atoms with van der Waals surface area (Å²) in [7, 11) is 1.31. The molecule has 0 atom stereocenters. The zero-order valence-electron chi connectivity index (χ0n) is 15.0. The van der Waals surface area contributed by atoms with Crippen molar-refractivity contribution in [2.75, 3.05) is 7.11 Å². The van der Waals surface area contributed by atoms with Crippen LogP contribution < -0.4 is 4.74 Å². The minimum absolute atomic E-state index is 0.113. The SMILES string of the molecule is COC(=O)c1ncc2c(cnn2-c2ccc(Cl)cc2)c1OCc1ccccc1. The normalized spacial score (nSPS) is 10.8. The number of halogens is 1. The summed E-state index contributed by atoms with van der Waals surface area (Å²) in [5.74, 6) is -0.224. The molecule has 2 heterocycles. The van der Waals surface area contributed by atoms with Crippen molar-refractivity contribution in [3.05, 3.63) is 83.3 Å². The number of carbonyl (C=O) groups excluding carboxylic acids is 1. The highest BCUT2D eigenvalue weighted by molar-refractivity contribution is 6.30. The van der Waals surface area contributed by atoms with E-state index in [4.69, 9.17) is 21.1 Å². The Hall–Kier alpha value is -3.38. The van der Waals surface area contributed by atoms with Crippen LogP contribution in [0.15, 0.2) is 67.0 Å². The van der Waals surface area contributed by atoms with E-state index in [9.17, 15) is 4.79 Å². The van der Waals surface area contributed by atoms with E-state index < -0.39 is 5.97 Å². The molecule has 0 saturated carbocycles. The van der Waals surface area contributed by atoms with Gasteiger partial charge in [0.1, 0.15) is 6.61 Å². The molecule has 0 fully saturated rings. The monoisotopic (exact) mass is 393 g/mol. The van der Waals surface area contributed by atoms with Crippen molar-refractivity contribution in [1.29, 1.82) is 0 Å². The molecule has 0 aliphatic heterocycles. The smallest absolute Gasteiger partial charge is 0.360 e. The number of hydrogen-bond donors (Lipinski definition) is 0. The lowest BCUT2D eigenvalue weighted by Crippen LogP contribution is -2.09. The number of aromatic nitrogens is 3. The molecule has 0 unspecified atom stereocenters. The largest absolute Gasteiger partial charge is 0.486 e. The molecule has 0 radical (unpaired) electrons. The number of carbonyl (C=O) groups is 1. The lowest BCUT2D eigenvalue weighted by atomic mass is 10.2. The Balaban J connectivity index is 1.79. The van der Waals surface area contributed by atoms with Crippen LogP contribution in [0, 0.1) is 0 Å². The van der Waals surface area contributed by atoms with Crippen LogP contribution in [0.25, 0.3) is 16.6 Å². The maximum atomic E-state index is 12.2. The van der Waals surface area contributed by atoms with Crippen molar-refractivity contribution >= 4 is 28.5 Å². The molecule has 6 nitrogen and oxygen atoms in total. The quantitative estimate of drug-likeness (QED) is 0.469. The van der Waals surface area contributed by atoms with E-state index in [2.05, 4.69) is 10.1 Å². The summed E-state index contributed by atoms with van der Waals surface area (Å²) in [6, 6.07) is 17.0. The molecule has 28 heavy (non-hydrogen) atoms. The van der Waals surface area contributed by atoms with Gasteiger partial charge in [-0.25, -0.2) is 14.5 Å². The second-order valence-electron chi connectivity index (χ2n) is 6.03. The minimum Gasteiger partial charge on any atom is -0.486 e. The van der Waals surface area contributed by atoms with Crippen LogP contribution >= 0.6 is 11.6 Å². The topological polar surface area (TPSA) is 66.2 Å². The molecule has 0 spiro atoms. The number of hydrogen-bond acceptors (Lipinski definition) is 5. The van der Waals surface area contributed by atoms with Gasteiger partial charge in [-0.3, -0.25) is 0 Å². The predicted octanol–water partition coefficient (Wildman–Crippen LogP) is 4.44. The third-order valence-corrected chi connectivity index (χ3v) is 4.51. The summed E-state index contributed by atoms with van der Waals surface area (Å²) >= 11 is 5.97. The van der Waals surface area contributed by atoms with E-state index in [1.165, 1.54) is 7.11 Å². The molecule has 0 saturated heterocycles. The van der Waals surface area contributed by atoms with Gasteiger partial charge in [0.25, 0.3) is 0 Å². The summed E-state index contributed by atoms with van der Waals surface area (Å²) in [5.41, 5.74) is 2.61. The summed E-state index contributed by atoms with van der Waals surface area (Å²) in [4.78, 5) is 16.5. The summed E-state index contributed by atoms with van der Waals surface area (Å²) < 4.78 is 12.6. The highest BCUT2D eigenvalue weighted by Gasteiger charge is 2.21. The van der Waals surface area contributed by atoms with Crippen molar-refractivity contribution in [2.24, 2.45) is 0 Å². The van der Waals surface area contributed by atoms with Crippen molar-refractivity contribution in [3.8, 4) is 11.4 Å². The zero-order valence-corrected chi connectivity index (χ0v) is 15.8. The Labute approximate surface area is 166 Å². The molecule has 0 bridgehead atoms. The second-order valence-corrected chi connectivity index (χ2v) is 6.47. The maximum Gasteiger partial charge on any atom is 0.360 e. The fraction of sp³-hybridized carbons (Fsp3) is 0.0952. The maximum absolute atomic E-state index is 12.2. The third kappa shape index (κ3) is 3.42. The number of esters is 1. The molecule has 7 heteroatoms. The lowest BCUT2D eigenvalue weighted by Gasteiger charge is -2.11. The molecule has 0 amide bonds. The number of nitrogens with zero attached hydrogens (tertiary/aromatic N) is 3. The lowest BCUT2D eigenvalue weighted by molar-refractivity contribution is 0.0589. The van der Waals surface area contributed by atoms with Gasteiger partial charge in [-0.2, -0.15) is 5.10 Å². The van der Waals surface area contributed by atoms with Gasteiger partial charge >= 0.3 is 5.97 Å². The highest BCUT2D eigenvalue weighted by Crippen LogP contribution is 2.31. The third-order valence-electron chi connectivity index (χ3n) is 4.26. The van der Waals surface area contributed by atoms with E-state index in [0.717, 1.165) is 11.3 Å². The number of rotatable bonds is 5. The molecule has 0 aliphatic carbocycles. The zero-order chi connectivity index (χ0) is 19.5. The van der Waals surface area contributed by atoms with Crippen molar-refractivity contribution in [3.63, 3.8) is 0 Å². The molecular weight excluding hydrogens is 378 g/mol. The number of benzene rings is 2. The summed E-state index contributed by atoms with van der Waals surface area (Å²) in [5, 5.41) is 5.74. The van der Waals surface area contributed by atoms with Gasteiger partial charge in [-0.1, -0.05) is 41.9 Å². The van der Waals surface area contributed by atoms with E-state index in [1.807, 2.05) is 42.5 Å². The first-order chi connectivity index (χ1) is 13.7. The van der Waals surface area contributed by atoms with Gasteiger partial charge in [0.05, 0.1) is 36.1 Å². The molecule has 0 aliphatic rings. The average molecular weight is 394 g/mol. The van der Waals surface area contributed by atoms with Crippen LogP contribution in [0.5, 0.6) is 5.75 Å². The first-order valence-electron chi connectivity index (χ1n) is 8.55. The molecular formula is C21H16ClN3O3. The van der Waals surface area contributed by atoms with Crippen LogP contribution in [0.4, 0.5) is 0 Å². The summed E-state index contributed by atoms with van der Waals surface area (Å²) in [6.07, 6.45) is 3.23. The summed E-state index contributed by atoms with van der Waals surface area (Å²) in [6.45, 7) is 0.289. The Morgan fingerprint density at radius 3 is 2.54 bits per heavy atom. The van der Waals surface area contributed by atoms with E-state index in [-0.39, 0.29) is 12.3 Å². The Bertz CT molecular complexity index is 1130. The number of pyridine rings is 1. The van der Waals surface area contributed by atoms with Gasteiger partial charge in [0, 0.05) is 5.02 Å². The van der Waals surface area contributed by atoms with E-state index in [0.29, 0.717) is 21.7 Å². The van der Waals surface area contributed by atoms with Gasteiger partial charge in [-0.15, -0.1) is 0 Å². The number of fused-ring (bicyclic) bond motifs is 1. The van der Waals surface area contributed by atoms with Crippen molar-refractivity contribution in [2.45, 2.75) is 6.61 Å². The van der Waals surface area contributed by atoms with Crippen LogP contribution in [0.1, 0.15) is 16.1 Å². The van der Waals surface area contributed by atoms with Gasteiger partial charge in [0.2, 0.25) is 0 Å². The van der Waals surface area contributed by atoms with Crippen molar-refractivity contribution < 1.29 is 14.3 Å². The fourth-order valence-corrected chi connectivity index (χ4v) is 3.00. The van der Waals surface area contributed by atoms with Crippen LogP contribution in [0.3, 0.4) is 0 Å². The Morgan fingerprint density at radius 1 is 1.07 bits per heavy atom. The van der Waals surface area contributed by atoms with Gasteiger partial charge in [0.15, 0.2) is 11.4 Å². The molecule has 2 aromatic carbocycles. The van der Waals surface area contributed by atoms with Crippen LogP contribution in [-0.2, 0) is 11.3 Å². The Morgan fingerprint density at radius 2 is 1.82 bits per heavy atom. The van der Waals surface area contributed by atoms with E-state index >= 15 is 0 Å². The molecule has 2 aromatic heterocycles. The van der Waals surface area contributed by atoms with Gasteiger partial charge in [-0.05, 0) is 29.8 Å². The minimum atomic E-state index is -0.566. The predicted molar refractivity (Wildman–Crippen MR) is 106 cm³/mol. The molecule has 4 rings (SSSR count). The van der Waals surface area contributed by atoms with E-state index in [1.54, 1.807) is 29.2 Å². The van der Waals surface area contributed by atoms with Crippen LogP contribution in [0.2, 0.25) is 5.02 Å². The van der Waals surface area contributed by atoms with Crippen molar-refractivity contribution in [1.82, 2.24) is 14.8 Å². The molecule has 4 aromatic rings. The van der Waals surface area contributed by atoms with Gasteiger partial charge < -0.3 is 9.47 Å².